The van der Waals surface area contributed by atoms with Crippen LogP contribution in [0.25, 0.3) is 0 Å². The van der Waals surface area contributed by atoms with Crippen molar-refractivity contribution >= 4 is 34.0 Å². The molecule has 2 aromatic rings. The molecule has 3 rings (SSSR count). The van der Waals surface area contributed by atoms with Crippen LogP contribution in [0, 0.1) is 11.8 Å². The molecule has 15 nitrogen and oxygen atoms in total. The predicted molar refractivity (Wildman–Crippen MR) is 158 cm³/mol. The number of carboxylic acids is 1. The van der Waals surface area contributed by atoms with Crippen LogP contribution < -0.4 is 29.6 Å². The standard InChI is InChI=1S/C16H20O5.C10H10O7S.C4H10O3.Na/c17-9-11-4-6-12(7-5-11)10-21-16(20)14-3-1-2-13(8-14)15(18)19;1-16-9(11)6-3-7(10(12)17-2)5-8(4-6)18(13,14)15;5-1-3-7-4-2-6;/h1-3,8,11-12,17H,4-7,9-10H2,(H,18,19);3-5H,1-2H3,(H,13,14,15);5-6H,1-4H2;/q;;;+1/p-1. The molecule has 0 spiro atoms. The summed E-state index contributed by atoms with van der Waals surface area (Å²) >= 11 is 0. The molecule has 0 aromatic heterocycles. The summed E-state index contributed by atoms with van der Waals surface area (Å²) in [5.74, 6) is -2.57. The topological polar surface area (TPSA) is 243 Å². The number of methoxy groups -OCH3 is 2. The Hall–Kier alpha value is -2.93. The van der Waals surface area contributed by atoms with Crippen molar-refractivity contribution in [2.45, 2.75) is 30.6 Å². The number of carboxylic acid groups (broad SMARTS) is 1. The third kappa shape index (κ3) is 16.6. The van der Waals surface area contributed by atoms with Crippen molar-refractivity contribution < 1.29 is 101 Å². The van der Waals surface area contributed by atoms with Crippen LogP contribution >= 0.6 is 0 Å². The third-order valence-corrected chi connectivity index (χ3v) is 7.34. The van der Waals surface area contributed by atoms with Crippen LogP contribution in [-0.4, -0.2) is 111 Å². The fourth-order valence-corrected chi connectivity index (χ4v) is 4.63. The Balaban J connectivity index is 0.000000744. The van der Waals surface area contributed by atoms with Crippen LogP contribution in [0.15, 0.2) is 47.4 Å². The summed E-state index contributed by atoms with van der Waals surface area (Å²) in [6.45, 7) is 1.28. The van der Waals surface area contributed by atoms with Gasteiger partial charge in [-0.1, -0.05) is 6.07 Å². The van der Waals surface area contributed by atoms with E-state index >= 15 is 0 Å². The molecule has 4 N–H and O–H groups in total. The molecule has 1 fully saturated rings. The second-order valence-electron chi connectivity index (χ2n) is 9.80. The van der Waals surface area contributed by atoms with E-state index in [1.54, 1.807) is 6.07 Å². The van der Waals surface area contributed by atoms with Crippen molar-refractivity contribution in [1.82, 2.24) is 0 Å². The Bertz CT molecular complexity index is 1350. The SMILES string of the molecule is COC(=O)c1cc(C(=O)OC)cc(S(=O)(=O)[O-])c1.O=C(O)c1cccc(C(=O)OCC2CCC(CO)CC2)c1.OCCOCCO.[Na+]. The molecule has 17 heteroatoms. The third-order valence-electron chi connectivity index (χ3n) is 6.53. The molecule has 2 aromatic carbocycles. The number of hydrogen-bond acceptors (Lipinski definition) is 14. The van der Waals surface area contributed by atoms with E-state index in [2.05, 4.69) is 14.2 Å². The summed E-state index contributed by atoms with van der Waals surface area (Å²) in [6, 6.07) is 8.60. The summed E-state index contributed by atoms with van der Waals surface area (Å²) in [7, 11) is -2.63. The summed E-state index contributed by atoms with van der Waals surface area (Å²) in [5, 5.41) is 34.2. The molecule has 47 heavy (non-hydrogen) atoms. The molecular formula is C30H39NaO15S. The first-order chi connectivity index (χ1) is 21.8. The van der Waals surface area contributed by atoms with Crippen LogP contribution in [0.3, 0.4) is 0 Å². The zero-order valence-electron chi connectivity index (χ0n) is 26.5. The Morgan fingerprint density at radius 1 is 0.766 bits per heavy atom. The van der Waals surface area contributed by atoms with Gasteiger partial charge in [-0.25, -0.2) is 27.6 Å². The number of hydrogen-bond donors (Lipinski definition) is 4. The Morgan fingerprint density at radius 3 is 1.66 bits per heavy atom. The van der Waals surface area contributed by atoms with Gasteiger partial charge in [0.25, 0.3) is 0 Å². The fraction of sp³-hybridized carbons (Fsp3) is 0.467. The average molecular weight is 695 g/mol. The van der Waals surface area contributed by atoms with Gasteiger partial charge in [-0.3, -0.25) is 0 Å². The number of aliphatic hydroxyl groups excluding tert-OH is 3. The van der Waals surface area contributed by atoms with E-state index in [4.69, 9.17) is 25.2 Å². The Morgan fingerprint density at radius 2 is 1.23 bits per heavy atom. The van der Waals surface area contributed by atoms with E-state index in [-0.39, 0.29) is 71.6 Å². The Kier molecular flexibility index (Phi) is 21.9. The second kappa shape index (κ2) is 23.4. The molecule has 0 bridgehead atoms. The Labute approximate surface area is 294 Å². The second-order valence-corrected chi connectivity index (χ2v) is 11.2. The van der Waals surface area contributed by atoms with Crippen molar-refractivity contribution in [2.24, 2.45) is 11.8 Å². The van der Waals surface area contributed by atoms with Gasteiger partial charge in [-0.05, 0) is 73.9 Å². The molecule has 0 aliphatic heterocycles. The van der Waals surface area contributed by atoms with E-state index < -0.39 is 38.9 Å². The number of carbonyl (C=O) groups excluding carboxylic acids is 3. The van der Waals surface area contributed by atoms with Gasteiger partial charge in [0.2, 0.25) is 0 Å². The first-order valence-corrected chi connectivity index (χ1v) is 15.4. The van der Waals surface area contributed by atoms with Gasteiger partial charge in [-0.15, -0.1) is 0 Å². The number of ether oxygens (including phenoxy) is 4. The van der Waals surface area contributed by atoms with Crippen molar-refractivity contribution in [3.63, 3.8) is 0 Å². The summed E-state index contributed by atoms with van der Waals surface area (Å²) in [6.07, 6.45) is 3.84. The van der Waals surface area contributed by atoms with E-state index in [9.17, 15) is 32.1 Å². The van der Waals surface area contributed by atoms with Crippen LogP contribution in [0.2, 0.25) is 0 Å². The number of benzene rings is 2. The van der Waals surface area contributed by atoms with Gasteiger partial charge < -0.3 is 43.9 Å². The van der Waals surface area contributed by atoms with E-state index in [0.29, 0.717) is 31.7 Å². The number of rotatable bonds is 12. The van der Waals surface area contributed by atoms with Gasteiger partial charge in [0.15, 0.2) is 0 Å². The van der Waals surface area contributed by atoms with Crippen molar-refractivity contribution in [1.29, 1.82) is 0 Å². The number of esters is 3. The fourth-order valence-electron chi connectivity index (χ4n) is 4.08. The minimum atomic E-state index is -4.80. The molecule has 0 atom stereocenters. The normalized spacial score (nSPS) is 15.3. The number of carbonyl (C=O) groups is 4. The summed E-state index contributed by atoms with van der Waals surface area (Å²) < 4.78 is 51.4. The number of aliphatic hydroxyl groups is 3. The molecule has 0 radical (unpaired) electrons. The molecule has 0 unspecified atom stereocenters. The molecule has 0 saturated heterocycles. The maximum Gasteiger partial charge on any atom is 1.00 e. The molecule has 0 amide bonds. The van der Waals surface area contributed by atoms with Crippen LogP contribution in [0.5, 0.6) is 0 Å². The van der Waals surface area contributed by atoms with E-state index in [1.165, 1.54) is 18.2 Å². The zero-order chi connectivity index (χ0) is 34.7. The van der Waals surface area contributed by atoms with Crippen LogP contribution in [-0.2, 0) is 29.1 Å². The first kappa shape index (κ1) is 44.1. The predicted octanol–water partition coefficient (Wildman–Crippen LogP) is -1.50. The summed E-state index contributed by atoms with van der Waals surface area (Å²) in [5.41, 5.74) is -0.114. The largest absolute Gasteiger partial charge is 1.00 e. The first-order valence-electron chi connectivity index (χ1n) is 14.0. The smallest absolute Gasteiger partial charge is 0.744 e. The molecule has 1 aliphatic carbocycles. The van der Waals surface area contributed by atoms with Crippen LogP contribution in [0.1, 0.15) is 67.1 Å². The van der Waals surface area contributed by atoms with Crippen molar-refractivity contribution in [2.75, 3.05) is 53.9 Å². The van der Waals surface area contributed by atoms with Gasteiger partial charge >= 0.3 is 53.4 Å². The summed E-state index contributed by atoms with van der Waals surface area (Å²) in [4.78, 5) is 44.7. The molecule has 1 saturated carbocycles. The van der Waals surface area contributed by atoms with Gasteiger partial charge in [0.1, 0.15) is 10.1 Å². The minimum absolute atomic E-state index is 0. The van der Waals surface area contributed by atoms with Crippen molar-refractivity contribution in [3.05, 3.63) is 64.7 Å². The van der Waals surface area contributed by atoms with Crippen LogP contribution in [0.4, 0.5) is 0 Å². The minimum Gasteiger partial charge on any atom is -0.744 e. The molecule has 256 valence electrons. The maximum atomic E-state index is 11.9. The van der Waals surface area contributed by atoms with E-state index in [0.717, 1.165) is 58.1 Å². The van der Waals surface area contributed by atoms with Gasteiger partial charge in [0.05, 0.1) is 74.4 Å². The molecule has 1 aliphatic rings. The van der Waals surface area contributed by atoms with Gasteiger partial charge in [-0.2, -0.15) is 0 Å². The number of aromatic carboxylic acids is 1. The molecule has 0 heterocycles. The van der Waals surface area contributed by atoms with Gasteiger partial charge in [0, 0.05) is 6.61 Å². The van der Waals surface area contributed by atoms with Crippen molar-refractivity contribution in [3.8, 4) is 0 Å². The average Bonchev–Trinajstić information content (AvgIpc) is 3.06. The van der Waals surface area contributed by atoms with E-state index in [1.807, 2.05) is 0 Å². The zero-order valence-corrected chi connectivity index (χ0v) is 29.3. The molecular weight excluding hydrogens is 655 g/mol. The monoisotopic (exact) mass is 694 g/mol. The maximum absolute atomic E-state index is 11.9. The quantitative estimate of drug-likeness (QED) is 0.0649.